The smallest absolute Gasteiger partial charge is 0.315 e. The fourth-order valence-electron chi connectivity index (χ4n) is 1.80. The molecule has 0 atom stereocenters. The van der Waals surface area contributed by atoms with Gasteiger partial charge < -0.3 is 10.6 Å². The Hall–Kier alpha value is -1.55. The normalized spacial score (nSPS) is 16.9. The summed E-state index contributed by atoms with van der Waals surface area (Å²) in [4.78, 5) is 14.8. The average molecular weight is 205 g/mol. The molecular weight excluding hydrogens is 190 g/mol. The highest BCUT2D eigenvalue weighted by Crippen LogP contribution is 2.09. The van der Waals surface area contributed by atoms with Crippen LogP contribution in [0.4, 0.5) is 4.79 Å². The van der Waals surface area contributed by atoms with Crippen LogP contribution in [0.5, 0.6) is 0 Å². The molecule has 15 heavy (non-hydrogen) atoms. The fourth-order valence-corrected chi connectivity index (χ4v) is 1.80. The molecular formula is C11H15N3O. The lowest BCUT2D eigenvalue weighted by molar-refractivity contribution is 0.204. The first-order chi connectivity index (χ1) is 7.25. The average Bonchev–Trinajstić information content (AvgIpc) is 2.68. The van der Waals surface area contributed by atoms with Crippen LogP contribution in [0.1, 0.15) is 5.56 Å². The van der Waals surface area contributed by atoms with Crippen LogP contribution in [-0.4, -0.2) is 35.6 Å². The summed E-state index contributed by atoms with van der Waals surface area (Å²) in [6, 6.07) is 9.91. The van der Waals surface area contributed by atoms with Crippen molar-refractivity contribution in [3.8, 4) is 0 Å². The molecule has 0 radical (unpaired) electrons. The van der Waals surface area contributed by atoms with E-state index in [4.69, 9.17) is 5.73 Å². The van der Waals surface area contributed by atoms with Crippen LogP contribution in [0, 0.1) is 0 Å². The molecule has 0 aliphatic carbocycles. The number of rotatable bonds is 2. The lowest BCUT2D eigenvalue weighted by Crippen LogP contribution is -2.35. The summed E-state index contributed by atoms with van der Waals surface area (Å²) in [7, 11) is 0. The second-order valence-electron chi connectivity index (χ2n) is 3.78. The van der Waals surface area contributed by atoms with E-state index < -0.39 is 0 Å². The van der Waals surface area contributed by atoms with E-state index in [0.717, 1.165) is 19.6 Å². The third-order valence-corrected chi connectivity index (χ3v) is 2.62. The third-order valence-electron chi connectivity index (χ3n) is 2.62. The quantitative estimate of drug-likeness (QED) is 0.777. The molecule has 1 aliphatic heterocycles. The van der Waals surface area contributed by atoms with Crippen LogP contribution in [0.25, 0.3) is 0 Å². The topological polar surface area (TPSA) is 49.6 Å². The Morgan fingerprint density at radius 2 is 2.00 bits per heavy atom. The number of nitrogens with two attached hydrogens (primary N) is 1. The first kappa shape index (κ1) is 9.98. The van der Waals surface area contributed by atoms with E-state index in [1.165, 1.54) is 5.56 Å². The SMILES string of the molecule is NC(=O)N1CCN(Cc2ccccc2)C1. The summed E-state index contributed by atoms with van der Waals surface area (Å²) in [5.41, 5.74) is 6.48. The standard InChI is InChI=1S/C11H15N3O/c12-11(15)14-7-6-13(9-14)8-10-4-2-1-3-5-10/h1-5H,6-9H2,(H2,12,15). The molecule has 4 heteroatoms. The highest BCUT2D eigenvalue weighted by atomic mass is 16.2. The van der Waals surface area contributed by atoms with Crippen LogP contribution >= 0.6 is 0 Å². The summed E-state index contributed by atoms with van der Waals surface area (Å²) < 4.78 is 0. The highest BCUT2D eigenvalue weighted by molar-refractivity contribution is 5.72. The van der Waals surface area contributed by atoms with E-state index in [1.807, 2.05) is 18.2 Å². The van der Waals surface area contributed by atoms with E-state index in [-0.39, 0.29) is 6.03 Å². The number of carbonyl (C=O) groups excluding carboxylic acids is 1. The van der Waals surface area contributed by atoms with Crippen LogP contribution in [0.3, 0.4) is 0 Å². The van der Waals surface area contributed by atoms with Crippen molar-refractivity contribution in [3.05, 3.63) is 35.9 Å². The van der Waals surface area contributed by atoms with Crippen LogP contribution in [0.15, 0.2) is 30.3 Å². The van der Waals surface area contributed by atoms with Crippen molar-refractivity contribution in [1.82, 2.24) is 9.80 Å². The fraction of sp³-hybridized carbons (Fsp3) is 0.364. The second-order valence-corrected chi connectivity index (χ2v) is 3.78. The molecule has 1 aromatic carbocycles. The van der Waals surface area contributed by atoms with Crippen molar-refractivity contribution in [1.29, 1.82) is 0 Å². The van der Waals surface area contributed by atoms with Gasteiger partial charge in [-0.05, 0) is 5.56 Å². The number of hydrogen-bond acceptors (Lipinski definition) is 2. The molecule has 2 rings (SSSR count). The van der Waals surface area contributed by atoms with Crippen molar-refractivity contribution in [2.24, 2.45) is 5.73 Å². The number of benzene rings is 1. The third kappa shape index (κ3) is 2.47. The molecule has 0 spiro atoms. The zero-order valence-corrected chi connectivity index (χ0v) is 8.60. The van der Waals surface area contributed by atoms with E-state index in [1.54, 1.807) is 4.90 Å². The van der Waals surface area contributed by atoms with Crippen LogP contribution in [-0.2, 0) is 6.54 Å². The zero-order valence-electron chi connectivity index (χ0n) is 8.60. The van der Waals surface area contributed by atoms with Crippen molar-refractivity contribution >= 4 is 6.03 Å². The van der Waals surface area contributed by atoms with Gasteiger partial charge in [-0.3, -0.25) is 4.90 Å². The van der Waals surface area contributed by atoms with Crippen molar-refractivity contribution < 1.29 is 4.79 Å². The van der Waals surface area contributed by atoms with Gasteiger partial charge in [-0.25, -0.2) is 4.79 Å². The molecule has 1 aliphatic rings. The highest BCUT2D eigenvalue weighted by Gasteiger charge is 2.21. The van der Waals surface area contributed by atoms with Crippen LogP contribution in [0.2, 0.25) is 0 Å². The lowest BCUT2D eigenvalue weighted by Gasteiger charge is -2.16. The van der Waals surface area contributed by atoms with Crippen molar-refractivity contribution in [2.45, 2.75) is 6.54 Å². The Balaban J connectivity index is 1.90. The summed E-state index contributed by atoms with van der Waals surface area (Å²) >= 11 is 0. The lowest BCUT2D eigenvalue weighted by atomic mass is 10.2. The predicted octanol–water partition coefficient (Wildman–Crippen LogP) is 0.840. The van der Waals surface area contributed by atoms with E-state index >= 15 is 0 Å². The number of urea groups is 1. The maximum atomic E-state index is 10.9. The first-order valence-corrected chi connectivity index (χ1v) is 5.06. The monoisotopic (exact) mass is 205 g/mol. The molecule has 1 aromatic rings. The van der Waals surface area contributed by atoms with Gasteiger partial charge in [0.05, 0.1) is 6.67 Å². The maximum Gasteiger partial charge on any atom is 0.315 e. The Labute approximate surface area is 89.3 Å². The number of carbonyl (C=O) groups is 1. The van der Waals surface area contributed by atoms with Gasteiger partial charge in [0, 0.05) is 19.6 Å². The van der Waals surface area contributed by atoms with Gasteiger partial charge in [-0.1, -0.05) is 30.3 Å². The number of hydrogen-bond donors (Lipinski definition) is 1. The summed E-state index contributed by atoms with van der Waals surface area (Å²) in [5.74, 6) is 0. The number of primary amides is 1. The summed E-state index contributed by atoms with van der Waals surface area (Å²) in [6.07, 6.45) is 0. The van der Waals surface area contributed by atoms with Gasteiger partial charge >= 0.3 is 6.03 Å². The Bertz CT molecular complexity index is 339. The minimum atomic E-state index is -0.328. The molecule has 2 amide bonds. The molecule has 0 saturated carbocycles. The van der Waals surface area contributed by atoms with E-state index in [0.29, 0.717) is 6.67 Å². The molecule has 2 N–H and O–H groups in total. The summed E-state index contributed by atoms with van der Waals surface area (Å²) in [5, 5.41) is 0. The molecule has 1 fully saturated rings. The Kier molecular flexibility index (Phi) is 2.87. The van der Waals surface area contributed by atoms with E-state index in [2.05, 4.69) is 17.0 Å². The number of amides is 2. The van der Waals surface area contributed by atoms with Gasteiger partial charge in [-0.15, -0.1) is 0 Å². The molecule has 1 saturated heterocycles. The van der Waals surface area contributed by atoms with E-state index in [9.17, 15) is 4.79 Å². The minimum absolute atomic E-state index is 0.328. The minimum Gasteiger partial charge on any atom is -0.351 e. The summed E-state index contributed by atoms with van der Waals surface area (Å²) in [6.45, 7) is 3.16. The van der Waals surface area contributed by atoms with Gasteiger partial charge in [0.25, 0.3) is 0 Å². The van der Waals surface area contributed by atoms with Gasteiger partial charge in [0.15, 0.2) is 0 Å². The Morgan fingerprint density at radius 3 is 2.60 bits per heavy atom. The molecule has 1 heterocycles. The molecule has 0 bridgehead atoms. The largest absolute Gasteiger partial charge is 0.351 e. The van der Waals surface area contributed by atoms with Crippen molar-refractivity contribution in [3.63, 3.8) is 0 Å². The molecule has 4 nitrogen and oxygen atoms in total. The number of nitrogens with zero attached hydrogens (tertiary/aromatic N) is 2. The Morgan fingerprint density at radius 1 is 1.27 bits per heavy atom. The van der Waals surface area contributed by atoms with Gasteiger partial charge in [0.2, 0.25) is 0 Å². The van der Waals surface area contributed by atoms with Gasteiger partial charge in [0.1, 0.15) is 0 Å². The van der Waals surface area contributed by atoms with Gasteiger partial charge in [-0.2, -0.15) is 0 Å². The maximum absolute atomic E-state index is 10.9. The zero-order chi connectivity index (χ0) is 10.7. The predicted molar refractivity (Wildman–Crippen MR) is 58.0 cm³/mol. The van der Waals surface area contributed by atoms with Crippen molar-refractivity contribution in [2.75, 3.05) is 19.8 Å². The second kappa shape index (κ2) is 4.31. The van der Waals surface area contributed by atoms with Crippen LogP contribution < -0.4 is 5.73 Å². The molecule has 80 valence electrons. The first-order valence-electron chi connectivity index (χ1n) is 5.06. The molecule has 0 aromatic heterocycles. The molecule has 0 unspecified atom stereocenters.